The number of aryl methyl sites for hydroxylation is 2. The van der Waals surface area contributed by atoms with Crippen molar-refractivity contribution < 1.29 is 14.7 Å². The Kier molecular flexibility index (Phi) is 4.69. The molecule has 1 aromatic rings. The molecule has 2 heterocycles. The fourth-order valence-electron chi connectivity index (χ4n) is 2.44. The van der Waals surface area contributed by atoms with Crippen LogP contribution in [0.15, 0.2) is 0 Å². The smallest absolute Gasteiger partial charge is 0.305 e. The van der Waals surface area contributed by atoms with Crippen LogP contribution in [-0.4, -0.2) is 56.2 Å². The second kappa shape index (κ2) is 6.30. The van der Waals surface area contributed by atoms with Crippen LogP contribution in [0.5, 0.6) is 0 Å². The van der Waals surface area contributed by atoms with Crippen molar-refractivity contribution in [3.63, 3.8) is 0 Å². The van der Waals surface area contributed by atoms with E-state index < -0.39 is 5.97 Å². The molecule has 1 aromatic heterocycles. The van der Waals surface area contributed by atoms with Crippen LogP contribution < -0.4 is 0 Å². The van der Waals surface area contributed by atoms with Crippen molar-refractivity contribution in [2.75, 3.05) is 18.1 Å². The van der Waals surface area contributed by atoms with E-state index in [1.54, 1.807) is 16.7 Å². The van der Waals surface area contributed by atoms with Crippen molar-refractivity contribution in [2.24, 2.45) is 0 Å². The van der Waals surface area contributed by atoms with Gasteiger partial charge in [-0.25, -0.2) is 0 Å². The van der Waals surface area contributed by atoms with Gasteiger partial charge in [-0.15, -0.1) is 0 Å². The van der Waals surface area contributed by atoms with Crippen LogP contribution in [0.3, 0.4) is 0 Å². The van der Waals surface area contributed by atoms with Gasteiger partial charge in [-0.1, -0.05) is 0 Å². The predicted octanol–water partition coefficient (Wildman–Crippen LogP) is 0.988. The molecule has 0 aliphatic carbocycles. The number of thioether (sulfide) groups is 1. The van der Waals surface area contributed by atoms with Crippen molar-refractivity contribution in [2.45, 2.75) is 32.7 Å². The summed E-state index contributed by atoms with van der Waals surface area (Å²) >= 11 is 1.70. The summed E-state index contributed by atoms with van der Waals surface area (Å²) in [5.41, 5.74) is 2.65. The summed E-state index contributed by atoms with van der Waals surface area (Å²) in [6, 6.07) is -0.203. The minimum atomic E-state index is -0.856. The SMILES string of the molecule is Cc1n[nH]c(C)c1CC(=O)N1CCSCC1CC(=O)O. The Morgan fingerprint density at radius 2 is 2.25 bits per heavy atom. The Labute approximate surface area is 121 Å². The van der Waals surface area contributed by atoms with Crippen LogP contribution in [0.1, 0.15) is 23.4 Å². The van der Waals surface area contributed by atoms with Gasteiger partial charge in [0.1, 0.15) is 0 Å². The molecule has 7 heteroatoms. The highest BCUT2D eigenvalue weighted by Gasteiger charge is 2.29. The maximum Gasteiger partial charge on any atom is 0.305 e. The zero-order chi connectivity index (χ0) is 14.7. The van der Waals surface area contributed by atoms with Gasteiger partial charge in [0.15, 0.2) is 0 Å². The third-order valence-electron chi connectivity index (χ3n) is 3.57. The molecule has 1 atom stereocenters. The standard InChI is InChI=1S/C13H19N3O3S/c1-8-11(9(2)15-14-8)6-12(17)16-3-4-20-7-10(16)5-13(18)19/h10H,3-7H2,1-2H3,(H,14,15)(H,18,19). The Hall–Kier alpha value is -1.50. The number of aliphatic carboxylic acids is 1. The number of aromatic amines is 1. The van der Waals surface area contributed by atoms with Crippen LogP contribution in [0.25, 0.3) is 0 Å². The minimum absolute atomic E-state index is 0.0100. The Morgan fingerprint density at radius 1 is 1.50 bits per heavy atom. The van der Waals surface area contributed by atoms with E-state index in [2.05, 4.69) is 10.2 Å². The number of carbonyl (C=O) groups excluding carboxylic acids is 1. The van der Waals surface area contributed by atoms with Crippen molar-refractivity contribution in [3.8, 4) is 0 Å². The molecule has 1 aliphatic heterocycles. The maximum absolute atomic E-state index is 12.4. The fourth-order valence-corrected chi connectivity index (χ4v) is 3.50. The lowest BCUT2D eigenvalue weighted by Crippen LogP contribution is -2.47. The molecule has 0 spiro atoms. The third kappa shape index (κ3) is 3.33. The van der Waals surface area contributed by atoms with Gasteiger partial charge in [-0.05, 0) is 13.8 Å². The summed E-state index contributed by atoms with van der Waals surface area (Å²) < 4.78 is 0. The zero-order valence-corrected chi connectivity index (χ0v) is 12.5. The third-order valence-corrected chi connectivity index (χ3v) is 4.66. The first-order valence-electron chi connectivity index (χ1n) is 6.58. The molecule has 2 N–H and O–H groups in total. The van der Waals surface area contributed by atoms with Gasteiger partial charge >= 0.3 is 5.97 Å². The lowest BCUT2D eigenvalue weighted by atomic mass is 10.1. The highest BCUT2D eigenvalue weighted by atomic mass is 32.2. The van der Waals surface area contributed by atoms with Crippen molar-refractivity contribution in [3.05, 3.63) is 17.0 Å². The van der Waals surface area contributed by atoms with Crippen LogP contribution in [0.2, 0.25) is 0 Å². The van der Waals surface area contributed by atoms with Crippen LogP contribution in [-0.2, 0) is 16.0 Å². The van der Waals surface area contributed by atoms with Gasteiger partial charge in [0.25, 0.3) is 0 Å². The number of carbonyl (C=O) groups is 2. The Balaban J connectivity index is 2.08. The molecule has 0 aromatic carbocycles. The number of carboxylic acid groups (broad SMARTS) is 1. The molecule has 110 valence electrons. The normalized spacial score (nSPS) is 19.1. The van der Waals surface area contributed by atoms with Gasteiger partial charge in [0.05, 0.1) is 24.6 Å². The fraction of sp³-hybridized carbons (Fsp3) is 0.615. The molecule has 0 saturated carbocycles. The Morgan fingerprint density at radius 3 is 2.85 bits per heavy atom. The quantitative estimate of drug-likeness (QED) is 0.865. The summed E-state index contributed by atoms with van der Waals surface area (Å²) in [5, 5.41) is 15.9. The first-order valence-corrected chi connectivity index (χ1v) is 7.74. The predicted molar refractivity (Wildman–Crippen MR) is 76.8 cm³/mol. The molecule has 1 unspecified atom stereocenters. The number of hydrogen-bond donors (Lipinski definition) is 2. The van der Waals surface area contributed by atoms with Gasteiger partial charge in [0, 0.05) is 29.3 Å². The number of nitrogens with zero attached hydrogens (tertiary/aromatic N) is 2. The summed E-state index contributed by atoms with van der Waals surface area (Å²) in [5.74, 6) is 0.696. The van der Waals surface area contributed by atoms with E-state index in [0.717, 1.165) is 22.7 Å². The maximum atomic E-state index is 12.4. The second-order valence-electron chi connectivity index (χ2n) is 5.00. The summed E-state index contributed by atoms with van der Waals surface area (Å²) in [6.07, 6.45) is 0.303. The molecule has 6 nitrogen and oxygen atoms in total. The number of carboxylic acids is 1. The highest BCUT2D eigenvalue weighted by molar-refractivity contribution is 7.99. The lowest BCUT2D eigenvalue weighted by Gasteiger charge is -2.34. The highest BCUT2D eigenvalue weighted by Crippen LogP contribution is 2.21. The molecule has 1 saturated heterocycles. The Bertz CT molecular complexity index is 495. The number of H-pyrrole nitrogens is 1. The van der Waals surface area contributed by atoms with Crippen molar-refractivity contribution in [1.82, 2.24) is 15.1 Å². The first-order chi connectivity index (χ1) is 9.49. The number of amides is 1. The van der Waals surface area contributed by atoms with E-state index in [0.29, 0.717) is 12.3 Å². The molecular formula is C13H19N3O3S. The van der Waals surface area contributed by atoms with E-state index in [-0.39, 0.29) is 24.8 Å². The van der Waals surface area contributed by atoms with Crippen molar-refractivity contribution >= 4 is 23.6 Å². The van der Waals surface area contributed by atoms with E-state index in [1.807, 2.05) is 13.8 Å². The molecule has 2 rings (SSSR count). The van der Waals surface area contributed by atoms with Gasteiger partial charge < -0.3 is 10.0 Å². The van der Waals surface area contributed by atoms with Gasteiger partial charge in [-0.2, -0.15) is 16.9 Å². The number of aromatic nitrogens is 2. The zero-order valence-electron chi connectivity index (χ0n) is 11.7. The van der Waals surface area contributed by atoms with Gasteiger partial charge in [0.2, 0.25) is 5.91 Å². The molecule has 1 aliphatic rings. The van der Waals surface area contributed by atoms with Gasteiger partial charge in [-0.3, -0.25) is 14.7 Å². The summed E-state index contributed by atoms with van der Waals surface area (Å²) in [4.78, 5) is 25.1. The van der Waals surface area contributed by atoms with Crippen molar-refractivity contribution in [1.29, 1.82) is 0 Å². The van der Waals surface area contributed by atoms with Crippen LogP contribution in [0.4, 0.5) is 0 Å². The molecule has 1 fully saturated rings. The van der Waals surface area contributed by atoms with E-state index in [4.69, 9.17) is 5.11 Å². The molecule has 0 radical (unpaired) electrons. The minimum Gasteiger partial charge on any atom is -0.481 e. The number of hydrogen-bond acceptors (Lipinski definition) is 4. The van der Waals surface area contributed by atoms with Crippen LogP contribution >= 0.6 is 11.8 Å². The molecule has 0 bridgehead atoms. The first kappa shape index (κ1) is 14.9. The topological polar surface area (TPSA) is 86.3 Å². The average Bonchev–Trinajstić information content (AvgIpc) is 2.70. The van der Waals surface area contributed by atoms with E-state index in [1.165, 1.54) is 0 Å². The molecule has 20 heavy (non-hydrogen) atoms. The lowest BCUT2D eigenvalue weighted by molar-refractivity contribution is -0.140. The number of nitrogens with one attached hydrogen (secondary N) is 1. The van der Waals surface area contributed by atoms with E-state index >= 15 is 0 Å². The van der Waals surface area contributed by atoms with E-state index in [9.17, 15) is 9.59 Å². The summed E-state index contributed by atoms with van der Waals surface area (Å²) in [6.45, 7) is 4.38. The average molecular weight is 297 g/mol. The monoisotopic (exact) mass is 297 g/mol. The second-order valence-corrected chi connectivity index (χ2v) is 6.15. The largest absolute Gasteiger partial charge is 0.481 e. The van der Waals surface area contributed by atoms with Crippen LogP contribution in [0, 0.1) is 13.8 Å². The number of rotatable bonds is 4. The summed E-state index contributed by atoms with van der Waals surface area (Å²) in [7, 11) is 0. The molecular weight excluding hydrogens is 278 g/mol. The molecule has 1 amide bonds.